The van der Waals surface area contributed by atoms with E-state index in [0.29, 0.717) is 0 Å². The predicted molar refractivity (Wildman–Crippen MR) is 111 cm³/mol. The van der Waals surface area contributed by atoms with Crippen LogP contribution in [0.4, 0.5) is 4.79 Å². The zero-order chi connectivity index (χ0) is 20.1. The molecule has 3 fully saturated rings. The number of guanidine groups is 1. The molecule has 0 bridgehead atoms. The number of likely N-dealkylation sites (tertiary alicyclic amines) is 1. The average Bonchev–Trinajstić information content (AvgIpc) is 2.94. The first kappa shape index (κ1) is 20.9. The second kappa shape index (κ2) is 9.14. The molecular weight excluding hydrogens is 354 g/mol. The Kier molecular flexibility index (Phi) is 6.83. The van der Waals surface area contributed by atoms with Gasteiger partial charge in [-0.3, -0.25) is 15.1 Å². The van der Waals surface area contributed by atoms with Crippen LogP contribution in [0.15, 0.2) is 4.99 Å². The Morgan fingerprint density at radius 3 is 2.61 bits per heavy atom. The molecule has 2 heterocycles. The highest BCUT2D eigenvalue weighted by atomic mass is 16.2. The molecule has 1 aliphatic carbocycles. The van der Waals surface area contributed by atoms with E-state index in [-0.39, 0.29) is 17.9 Å². The average molecular weight is 392 g/mol. The van der Waals surface area contributed by atoms with Crippen molar-refractivity contribution in [1.29, 1.82) is 0 Å². The van der Waals surface area contributed by atoms with E-state index in [0.717, 1.165) is 56.8 Å². The summed E-state index contributed by atoms with van der Waals surface area (Å²) in [6.07, 6.45) is 8.38. The number of piperidine rings is 1. The highest BCUT2D eigenvalue weighted by Gasteiger charge is 2.48. The Bertz CT molecular complexity index is 600. The van der Waals surface area contributed by atoms with Crippen LogP contribution in [0.5, 0.6) is 0 Å². The van der Waals surface area contributed by atoms with Crippen molar-refractivity contribution >= 4 is 17.9 Å². The number of carbonyl (C=O) groups excluding carboxylic acids is 2. The number of imide groups is 1. The third-order valence-electron chi connectivity index (χ3n) is 6.86. The van der Waals surface area contributed by atoms with Crippen molar-refractivity contribution in [2.75, 3.05) is 26.2 Å². The van der Waals surface area contributed by atoms with Gasteiger partial charge in [0.1, 0.15) is 5.54 Å². The van der Waals surface area contributed by atoms with Gasteiger partial charge in [0.05, 0.1) is 0 Å². The lowest BCUT2D eigenvalue weighted by Crippen LogP contribution is -2.55. The number of carbonyl (C=O) groups is 2. The Hall–Kier alpha value is -1.79. The first-order valence-electron chi connectivity index (χ1n) is 11.1. The summed E-state index contributed by atoms with van der Waals surface area (Å²) in [4.78, 5) is 31.0. The van der Waals surface area contributed by atoms with Gasteiger partial charge in [0, 0.05) is 26.2 Å². The standard InChI is InChI=1S/C21H37N5O2/c1-4-22-19(23-11-8-16-7-5-6-15(2)14-16)26-12-9-17(10-13-26)21(3)18(27)24-20(28)25-21/h15-17H,4-14H2,1-3H3,(H,22,23)(H2,24,25,27,28). The summed E-state index contributed by atoms with van der Waals surface area (Å²) in [5.41, 5.74) is -0.781. The van der Waals surface area contributed by atoms with E-state index >= 15 is 0 Å². The highest BCUT2D eigenvalue weighted by molar-refractivity contribution is 6.07. The molecule has 3 rings (SSSR count). The van der Waals surface area contributed by atoms with Crippen molar-refractivity contribution in [2.24, 2.45) is 22.7 Å². The summed E-state index contributed by atoms with van der Waals surface area (Å²) in [5.74, 6) is 2.64. The number of hydrogen-bond donors (Lipinski definition) is 3. The smallest absolute Gasteiger partial charge is 0.322 e. The van der Waals surface area contributed by atoms with Crippen molar-refractivity contribution < 1.29 is 9.59 Å². The van der Waals surface area contributed by atoms with Gasteiger partial charge < -0.3 is 15.5 Å². The number of nitrogens with zero attached hydrogens (tertiary/aromatic N) is 2. The maximum Gasteiger partial charge on any atom is 0.322 e. The number of rotatable bonds is 5. The number of hydrogen-bond acceptors (Lipinski definition) is 3. The highest BCUT2D eigenvalue weighted by Crippen LogP contribution is 2.32. The molecule has 7 heteroatoms. The van der Waals surface area contributed by atoms with Gasteiger partial charge in [0.2, 0.25) is 0 Å². The van der Waals surface area contributed by atoms with E-state index in [1.54, 1.807) is 0 Å². The minimum Gasteiger partial charge on any atom is -0.357 e. The van der Waals surface area contributed by atoms with Crippen LogP contribution in [0.3, 0.4) is 0 Å². The van der Waals surface area contributed by atoms with Crippen LogP contribution in [0, 0.1) is 17.8 Å². The van der Waals surface area contributed by atoms with E-state index in [1.165, 1.54) is 32.1 Å². The minimum absolute atomic E-state index is 0.154. The fourth-order valence-electron chi connectivity index (χ4n) is 5.11. The number of amides is 3. The molecule has 0 radical (unpaired) electrons. The molecule has 3 aliphatic rings. The van der Waals surface area contributed by atoms with Crippen LogP contribution >= 0.6 is 0 Å². The second-order valence-corrected chi connectivity index (χ2v) is 9.03. The molecule has 28 heavy (non-hydrogen) atoms. The van der Waals surface area contributed by atoms with E-state index in [1.807, 2.05) is 6.92 Å². The number of aliphatic imine (C=N–C) groups is 1. The van der Waals surface area contributed by atoms with E-state index < -0.39 is 5.54 Å². The summed E-state index contributed by atoms with van der Waals surface area (Å²) in [5, 5.41) is 8.65. The van der Waals surface area contributed by atoms with Crippen LogP contribution in [-0.4, -0.2) is 54.5 Å². The lowest BCUT2D eigenvalue weighted by Gasteiger charge is -2.39. The first-order chi connectivity index (χ1) is 13.4. The van der Waals surface area contributed by atoms with Gasteiger partial charge in [-0.15, -0.1) is 0 Å². The second-order valence-electron chi connectivity index (χ2n) is 9.03. The number of nitrogens with one attached hydrogen (secondary N) is 3. The Balaban J connectivity index is 1.52. The van der Waals surface area contributed by atoms with Crippen molar-refractivity contribution in [1.82, 2.24) is 20.9 Å². The van der Waals surface area contributed by atoms with Crippen LogP contribution in [-0.2, 0) is 4.79 Å². The number of urea groups is 1. The SMILES string of the molecule is CCNC(=NCCC1CCCC(C)C1)N1CCC(C2(C)NC(=O)NC2=O)CC1. The summed E-state index contributed by atoms with van der Waals surface area (Å²) in [7, 11) is 0. The summed E-state index contributed by atoms with van der Waals surface area (Å²) in [6.45, 7) is 9.77. The van der Waals surface area contributed by atoms with Gasteiger partial charge in [-0.25, -0.2) is 4.79 Å². The topological polar surface area (TPSA) is 85.8 Å². The van der Waals surface area contributed by atoms with Crippen molar-refractivity contribution in [2.45, 2.75) is 71.3 Å². The van der Waals surface area contributed by atoms with Gasteiger partial charge in [-0.1, -0.05) is 26.2 Å². The van der Waals surface area contributed by atoms with Gasteiger partial charge in [0.25, 0.3) is 5.91 Å². The fourth-order valence-corrected chi connectivity index (χ4v) is 5.11. The molecular formula is C21H37N5O2. The third-order valence-corrected chi connectivity index (χ3v) is 6.86. The molecule has 1 saturated carbocycles. The molecule has 3 N–H and O–H groups in total. The normalized spacial score (nSPS) is 32.2. The Morgan fingerprint density at radius 2 is 2.00 bits per heavy atom. The molecule has 2 saturated heterocycles. The molecule has 0 aromatic heterocycles. The molecule has 3 unspecified atom stereocenters. The van der Waals surface area contributed by atoms with E-state index in [2.05, 4.69) is 34.7 Å². The predicted octanol–water partition coefficient (Wildman–Crippen LogP) is 2.48. The minimum atomic E-state index is -0.781. The molecule has 0 aromatic rings. The largest absolute Gasteiger partial charge is 0.357 e. The summed E-state index contributed by atoms with van der Waals surface area (Å²) < 4.78 is 0. The Morgan fingerprint density at radius 1 is 1.25 bits per heavy atom. The lowest BCUT2D eigenvalue weighted by molar-refractivity contribution is -0.125. The molecule has 2 aliphatic heterocycles. The summed E-state index contributed by atoms with van der Waals surface area (Å²) >= 11 is 0. The van der Waals surface area contributed by atoms with Gasteiger partial charge in [0.15, 0.2) is 5.96 Å². The monoisotopic (exact) mass is 391 g/mol. The quantitative estimate of drug-likeness (QED) is 0.382. The fraction of sp³-hybridized carbons (Fsp3) is 0.857. The van der Waals surface area contributed by atoms with Crippen molar-refractivity contribution in [3.63, 3.8) is 0 Å². The molecule has 0 spiro atoms. The lowest BCUT2D eigenvalue weighted by atomic mass is 9.79. The van der Waals surface area contributed by atoms with Crippen molar-refractivity contribution in [3.05, 3.63) is 0 Å². The maximum absolute atomic E-state index is 12.2. The zero-order valence-corrected chi connectivity index (χ0v) is 17.7. The van der Waals surface area contributed by atoms with Gasteiger partial charge >= 0.3 is 6.03 Å². The third kappa shape index (κ3) is 4.78. The molecule has 7 nitrogen and oxygen atoms in total. The van der Waals surface area contributed by atoms with Crippen LogP contribution in [0.1, 0.15) is 65.7 Å². The van der Waals surface area contributed by atoms with E-state index in [4.69, 9.17) is 4.99 Å². The van der Waals surface area contributed by atoms with Crippen LogP contribution in [0.2, 0.25) is 0 Å². The molecule has 3 amide bonds. The molecule has 3 atom stereocenters. The molecule has 158 valence electrons. The Labute approximate surface area is 169 Å². The van der Waals surface area contributed by atoms with Crippen molar-refractivity contribution in [3.8, 4) is 0 Å². The molecule has 0 aromatic carbocycles. The van der Waals surface area contributed by atoms with Crippen LogP contribution < -0.4 is 16.0 Å². The van der Waals surface area contributed by atoms with Gasteiger partial charge in [-0.2, -0.15) is 0 Å². The first-order valence-corrected chi connectivity index (χ1v) is 11.1. The van der Waals surface area contributed by atoms with E-state index in [9.17, 15) is 9.59 Å². The van der Waals surface area contributed by atoms with Crippen LogP contribution in [0.25, 0.3) is 0 Å². The summed E-state index contributed by atoms with van der Waals surface area (Å²) in [6, 6.07) is -0.373. The maximum atomic E-state index is 12.2. The van der Waals surface area contributed by atoms with Gasteiger partial charge in [-0.05, 0) is 57.3 Å². The zero-order valence-electron chi connectivity index (χ0n) is 17.7.